The lowest BCUT2D eigenvalue weighted by Crippen LogP contribution is -2.57. The number of nitrogens with zero attached hydrogens (tertiary/aromatic N) is 1. The molecular formula is C31H39ClN2O6. The van der Waals surface area contributed by atoms with E-state index in [1.165, 1.54) is 17.6 Å². The first-order valence-electron chi connectivity index (χ1n) is 13.9. The summed E-state index contributed by atoms with van der Waals surface area (Å²) in [6, 6.07) is 11.7. The highest BCUT2D eigenvalue weighted by Gasteiger charge is 2.52. The van der Waals surface area contributed by atoms with E-state index in [-0.39, 0.29) is 19.6 Å². The summed E-state index contributed by atoms with van der Waals surface area (Å²) in [5.74, 6) is -1.61. The van der Waals surface area contributed by atoms with Gasteiger partial charge in [0.1, 0.15) is 17.7 Å². The van der Waals surface area contributed by atoms with Crippen LogP contribution in [0.1, 0.15) is 64.0 Å². The molecular weight excluding hydrogens is 532 g/mol. The number of fused-ring (bicyclic) bond motifs is 12. The molecule has 2 amide bonds. The highest BCUT2D eigenvalue weighted by atomic mass is 35.5. The van der Waals surface area contributed by atoms with E-state index in [1.807, 2.05) is 57.2 Å². The molecule has 8 nitrogen and oxygen atoms in total. The Kier molecular flexibility index (Phi) is 9.10. The van der Waals surface area contributed by atoms with E-state index in [1.54, 1.807) is 0 Å². The number of rotatable bonds is 2. The molecule has 3 heterocycles. The Morgan fingerprint density at radius 3 is 2.45 bits per heavy atom. The smallest absolute Gasteiger partial charge is 0.407 e. The molecule has 2 N–H and O–H groups in total. The third-order valence-electron chi connectivity index (χ3n) is 8.03. The summed E-state index contributed by atoms with van der Waals surface area (Å²) in [6.07, 6.45) is 3.86. The first-order valence-corrected chi connectivity index (χ1v) is 14.2. The van der Waals surface area contributed by atoms with Gasteiger partial charge in [-0.25, -0.2) is 9.59 Å². The highest BCUT2D eigenvalue weighted by Crippen LogP contribution is 2.41. The standard InChI is InChI=1S/C31H39ClN2O6/c1-30(2,3)26-27(35)34-19-31(39-4,18-25(34)28(36)37)22-13-10-21(11-14-22)24-17-23(32)15-12-20(24)9-7-5-6-8-16-40-29(38)33-26/h10-15,17,25-26H,5-9,16,18-19H2,1-4H3,(H,33,38)(H,36,37)/t25-,26+,31-/m0/s1. The molecule has 5 rings (SSSR count). The maximum atomic E-state index is 13.9. The van der Waals surface area contributed by atoms with Crippen molar-refractivity contribution in [3.63, 3.8) is 0 Å². The molecule has 0 aliphatic carbocycles. The van der Waals surface area contributed by atoms with Gasteiger partial charge in [-0.15, -0.1) is 0 Å². The molecule has 40 heavy (non-hydrogen) atoms. The molecule has 2 aromatic carbocycles. The number of hydrogen-bond donors (Lipinski definition) is 2. The van der Waals surface area contributed by atoms with Gasteiger partial charge in [0.2, 0.25) is 5.91 Å². The number of carbonyl (C=O) groups excluding carboxylic acids is 2. The van der Waals surface area contributed by atoms with Crippen molar-refractivity contribution in [1.82, 2.24) is 10.2 Å². The molecule has 0 saturated carbocycles. The van der Waals surface area contributed by atoms with Crippen LogP contribution >= 0.6 is 11.6 Å². The second-order valence-corrected chi connectivity index (χ2v) is 12.3. The van der Waals surface area contributed by atoms with E-state index >= 15 is 0 Å². The predicted molar refractivity (Wildman–Crippen MR) is 153 cm³/mol. The Morgan fingerprint density at radius 1 is 1.10 bits per heavy atom. The van der Waals surface area contributed by atoms with Crippen molar-refractivity contribution in [1.29, 1.82) is 0 Å². The lowest BCUT2D eigenvalue weighted by Gasteiger charge is -2.35. The molecule has 216 valence electrons. The van der Waals surface area contributed by atoms with Gasteiger partial charge < -0.3 is 24.8 Å². The highest BCUT2D eigenvalue weighted by molar-refractivity contribution is 6.30. The van der Waals surface area contributed by atoms with E-state index in [9.17, 15) is 19.5 Å². The van der Waals surface area contributed by atoms with E-state index < -0.39 is 41.1 Å². The van der Waals surface area contributed by atoms with Crippen molar-refractivity contribution in [2.75, 3.05) is 20.3 Å². The number of hydrogen-bond acceptors (Lipinski definition) is 5. The summed E-state index contributed by atoms with van der Waals surface area (Å²) in [5, 5.41) is 13.5. The molecule has 0 aromatic heterocycles. The van der Waals surface area contributed by atoms with Crippen LogP contribution in [0.15, 0.2) is 42.5 Å². The number of methoxy groups -OCH3 is 1. The van der Waals surface area contributed by atoms with Gasteiger partial charge >= 0.3 is 12.1 Å². The fraction of sp³-hybridized carbons (Fsp3) is 0.516. The second kappa shape index (κ2) is 12.2. The van der Waals surface area contributed by atoms with Crippen molar-refractivity contribution < 1.29 is 29.0 Å². The molecule has 1 saturated heterocycles. The summed E-state index contributed by atoms with van der Waals surface area (Å²) in [6.45, 7) is 5.75. The van der Waals surface area contributed by atoms with Gasteiger partial charge in [0, 0.05) is 18.6 Å². The number of aryl methyl sites for hydroxylation is 1. The molecule has 1 fully saturated rings. The zero-order chi connectivity index (χ0) is 29.1. The van der Waals surface area contributed by atoms with Crippen LogP contribution in [0.3, 0.4) is 0 Å². The van der Waals surface area contributed by atoms with Gasteiger partial charge in [0.15, 0.2) is 0 Å². The minimum Gasteiger partial charge on any atom is -0.480 e. The quantitative estimate of drug-likeness (QED) is 0.473. The van der Waals surface area contributed by atoms with Gasteiger partial charge in [-0.1, -0.05) is 75.5 Å². The summed E-state index contributed by atoms with van der Waals surface area (Å²) in [4.78, 5) is 40.3. The van der Waals surface area contributed by atoms with Crippen molar-refractivity contribution >= 4 is 29.6 Å². The number of alkyl carbamates (subject to hydrolysis) is 1. The van der Waals surface area contributed by atoms with E-state index in [2.05, 4.69) is 11.4 Å². The molecule has 3 atom stereocenters. The Morgan fingerprint density at radius 2 is 1.80 bits per heavy atom. The lowest BCUT2D eigenvalue weighted by molar-refractivity contribution is -0.150. The number of carboxylic acids is 1. The summed E-state index contributed by atoms with van der Waals surface area (Å²) in [7, 11) is 1.53. The van der Waals surface area contributed by atoms with Crippen LogP contribution in [0.2, 0.25) is 5.02 Å². The Balaban J connectivity index is 1.76. The maximum absolute atomic E-state index is 13.9. The van der Waals surface area contributed by atoms with Crippen LogP contribution in [-0.2, 0) is 31.1 Å². The van der Waals surface area contributed by atoms with Crippen LogP contribution in [-0.4, -0.2) is 60.3 Å². The minimum atomic E-state index is -1.12. The number of nitrogens with one attached hydrogen (secondary N) is 1. The number of halogens is 1. The fourth-order valence-electron chi connectivity index (χ4n) is 5.70. The molecule has 9 heteroatoms. The zero-order valence-electron chi connectivity index (χ0n) is 23.7. The Bertz CT molecular complexity index is 1240. The van der Waals surface area contributed by atoms with Crippen molar-refractivity contribution in [2.24, 2.45) is 5.41 Å². The molecule has 0 unspecified atom stereocenters. The third-order valence-corrected chi connectivity index (χ3v) is 8.26. The van der Waals surface area contributed by atoms with E-state index in [0.29, 0.717) is 11.4 Å². The normalized spacial score (nSPS) is 24.7. The number of aliphatic carboxylic acids is 1. The maximum Gasteiger partial charge on any atom is 0.407 e. The molecule has 3 aliphatic rings. The average molecular weight is 571 g/mol. The van der Waals surface area contributed by atoms with Crippen molar-refractivity contribution in [2.45, 2.75) is 77.0 Å². The van der Waals surface area contributed by atoms with Crippen LogP contribution < -0.4 is 5.32 Å². The zero-order valence-corrected chi connectivity index (χ0v) is 24.4. The van der Waals surface area contributed by atoms with Crippen molar-refractivity contribution in [3.8, 4) is 11.1 Å². The monoisotopic (exact) mass is 570 g/mol. The number of amides is 2. The largest absolute Gasteiger partial charge is 0.480 e. The van der Waals surface area contributed by atoms with Crippen LogP contribution in [0.5, 0.6) is 0 Å². The van der Waals surface area contributed by atoms with Gasteiger partial charge in [0.25, 0.3) is 0 Å². The third kappa shape index (κ3) is 6.44. The number of ether oxygens (including phenoxy) is 2. The molecule has 4 bridgehead atoms. The van der Waals surface area contributed by atoms with E-state index in [4.69, 9.17) is 21.1 Å². The number of benzene rings is 2. The van der Waals surface area contributed by atoms with E-state index in [0.717, 1.165) is 42.4 Å². The molecule has 0 spiro atoms. The van der Waals surface area contributed by atoms with Gasteiger partial charge in [-0.3, -0.25) is 4.79 Å². The van der Waals surface area contributed by atoms with Crippen LogP contribution in [0.4, 0.5) is 4.79 Å². The van der Waals surface area contributed by atoms with Crippen molar-refractivity contribution in [3.05, 3.63) is 58.6 Å². The summed E-state index contributed by atoms with van der Waals surface area (Å²) in [5.41, 5.74) is 2.31. The number of carboxylic acid groups (broad SMARTS) is 1. The first-order chi connectivity index (χ1) is 18.9. The van der Waals surface area contributed by atoms with Crippen LogP contribution in [0, 0.1) is 5.41 Å². The minimum absolute atomic E-state index is 0.0321. The SMILES string of the molecule is CO[C@@]12C[C@@H](C(=O)O)N(C1)C(=O)[C@H](C(C)(C)C)NC(=O)OCCCCCCc1ccc(Cl)cc1-c1ccc2cc1. The fourth-order valence-corrected chi connectivity index (χ4v) is 5.87. The predicted octanol–water partition coefficient (Wildman–Crippen LogP) is 5.79. The van der Waals surface area contributed by atoms with Gasteiger partial charge in [-0.2, -0.15) is 0 Å². The molecule has 2 aromatic rings. The summed E-state index contributed by atoms with van der Waals surface area (Å²) >= 11 is 6.37. The number of carbonyl (C=O) groups is 3. The topological polar surface area (TPSA) is 105 Å². The van der Waals surface area contributed by atoms with Crippen LogP contribution in [0.25, 0.3) is 11.1 Å². The molecule has 0 radical (unpaired) electrons. The summed E-state index contributed by atoms with van der Waals surface area (Å²) < 4.78 is 11.4. The molecule has 3 aliphatic heterocycles. The van der Waals surface area contributed by atoms with Gasteiger partial charge in [0.05, 0.1) is 13.2 Å². The Labute approximate surface area is 241 Å². The average Bonchev–Trinajstić information content (AvgIpc) is 3.32. The van der Waals surface area contributed by atoms with Gasteiger partial charge in [-0.05, 0) is 59.1 Å². The second-order valence-electron chi connectivity index (χ2n) is 11.8. The first kappa shape index (κ1) is 29.9. The lowest BCUT2D eigenvalue weighted by atomic mass is 9.85. The Hall–Kier alpha value is -3.10.